The third kappa shape index (κ3) is 52.3. The number of hydrogen-bond donors (Lipinski definition) is 0. The summed E-state index contributed by atoms with van der Waals surface area (Å²) in [4.78, 5) is 46.4. The van der Waals surface area contributed by atoms with E-state index in [0.717, 1.165) is 135 Å². The molecule has 0 fully saturated rings. The summed E-state index contributed by atoms with van der Waals surface area (Å²) >= 11 is 0. The molecular weight excluding hydrogens is 696 g/mol. The normalized spacial score (nSPS) is 11.5. The standard InChI is InChI=1S/C45H84O8.4Li.2H/c1-3-5-7-24-32-40(34-26-18-13-9-11-15-20-28-36-42(46)47)52-44(50)38-30-22-17-23-31-39-45(51)53-41(33-25-8-6-4-2)35-27-19-14-10-12-16-21-29-37-43(48)49;;;;;;/h40-41H,3-39H2,1-2H3,(H,46,47)(H,48,49);;;;;;/q;4*+1;2*-1/p-2. The number of carboxylic acid groups (broad SMARTS) is 2. The topological polar surface area (TPSA) is 133 Å². The van der Waals surface area contributed by atoms with Gasteiger partial charge >= 0.3 is 87.4 Å². The summed E-state index contributed by atoms with van der Waals surface area (Å²) in [6, 6.07) is 0. The molecule has 0 radical (unpaired) electrons. The van der Waals surface area contributed by atoms with Gasteiger partial charge in [-0.3, -0.25) is 9.59 Å². The number of hydrogen-bond acceptors (Lipinski definition) is 8. The molecule has 0 aromatic heterocycles. The Bertz CT molecular complexity index is 825. The number of carboxylic acids is 2. The maximum atomic E-state index is 12.7. The molecule has 8 nitrogen and oxygen atoms in total. The first-order chi connectivity index (χ1) is 25.8. The van der Waals surface area contributed by atoms with E-state index in [2.05, 4.69) is 13.8 Å². The molecule has 0 aliphatic carbocycles. The predicted molar refractivity (Wildman–Crippen MR) is 214 cm³/mol. The second-order valence-corrected chi connectivity index (χ2v) is 15.7. The maximum absolute atomic E-state index is 12.7. The molecule has 316 valence electrons. The van der Waals surface area contributed by atoms with Crippen molar-refractivity contribution in [2.45, 2.75) is 264 Å². The van der Waals surface area contributed by atoms with Gasteiger partial charge in [-0.2, -0.15) is 0 Å². The molecule has 0 saturated heterocycles. The fraction of sp³-hybridized carbons (Fsp3) is 0.911. The van der Waals surface area contributed by atoms with Gasteiger partial charge in [0.05, 0.1) is 0 Å². The molecule has 0 rings (SSSR count). The van der Waals surface area contributed by atoms with Gasteiger partial charge in [-0.15, -0.1) is 0 Å². The van der Waals surface area contributed by atoms with Crippen molar-refractivity contribution in [1.82, 2.24) is 0 Å². The van der Waals surface area contributed by atoms with E-state index >= 15 is 0 Å². The average Bonchev–Trinajstić information content (AvgIpc) is 3.12. The number of esters is 2. The van der Waals surface area contributed by atoms with Crippen LogP contribution in [-0.4, -0.2) is 36.1 Å². The van der Waals surface area contributed by atoms with E-state index in [1.165, 1.54) is 64.2 Å². The quantitative estimate of drug-likeness (QED) is 0.0440. The van der Waals surface area contributed by atoms with E-state index in [0.29, 0.717) is 25.7 Å². The number of rotatable bonds is 42. The molecule has 2 unspecified atom stereocenters. The predicted octanol–water partition coefficient (Wildman–Crippen LogP) is -0.976. The van der Waals surface area contributed by atoms with E-state index < -0.39 is 11.9 Å². The van der Waals surface area contributed by atoms with Crippen molar-refractivity contribution < 1.29 is 117 Å². The molecule has 0 aliphatic heterocycles. The minimum Gasteiger partial charge on any atom is -1.00 e. The molecule has 2 atom stereocenters. The zero-order chi connectivity index (χ0) is 39.0. The molecule has 0 aliphatic rings. The number of ether oxygens (including phenoxy) is 2. The van der Waals surface area contributed by atoms with Crippen LogP contribution < -0.4 is 85.7 Å². The van der Waals surface area contributed by atoms with Crippen LogP contribution in [0.2, 0.25) is 0 Å². The summed E-state index contributed by atoms with van der Waals surface area (Å²) in [5.74, 6) is -2.04. The fourth-order valence-electron chi connectivity index (χ4n) is 7.08. The number of carbonyl (C=O) groups excluding carboxylic acids is 4. The molecule has 12 heteroatoms. The molecule has 0 aromatic carbocycles. The van der Waals surface area contributed by atoms with Gasteiger partial charge in [-0.25, -0.2) is 0 Å². The van der Waals surface area contributed by atoms with Gasteiger partial charge in [-0.05, 0) is 89.9 Å². The molecule has 0 saturated carbocycles. The second kappa shape index (κ2) is 52.4. The van der Waals surface area contributed by atoms with Gasteiger partial charge < -0.3 is 32.1 Å². The van der Waals surface area contributed by atoms with E-state index in [4.69, 9.17) is 9.47 Å². The Morgan fingerprint density at radius 1 is 0.351 bits per heavy atom. The van der Waals surface area contributed by atoms with Crippen molar-refractivity contribution in [2.24, 2.45) is 0 Å². The van der Waals surface area contributed by atoms with Gasteiger partial charge in [0.2, 0.25) is 0 Å². The minimum absolute atomic E-state index is 0. The molecular formula is C45H84Li4O8. The van der Waals surface area contributed by atoms with Crippen LogP contribution in [0.25, 0.3) is 0 Å². The van der Waals surface area contributed by atoms with Gasteiger partial charge in [0, 0.05) is 24.8 Å². The van der Waals surface area contributed by atoms with Crippen LogP contribution in [-0.2, 0) is 28.7 Å². The van der Waals surface area contributed by atoms with Crippen molar-refractivity contribution in [2.75, 3.05) is 0 Å². The Morgan fingerprint density at radius 3 is 0.807 bits per heavy atom. The summed E-state index contributed by atoms with van der Waals surface area (Å²) in [5, 5.41) is 21.0. The Hall–Kier alpha value is 0.270. The van der Waals surface area contributed by atoms with E-state index in [-0.39, 0.29) is 115 Å². The summed E-state index contributed by atoms with van der Waals surface area (Å²) in [6.45, 7) is 4.42. The maximum Gasteiger partial charge on any atom is 1.00 e. The van der Waals surface area contributed by atoms with Crippen LogP contribution in [0, 0.1) is 0 Å². The summed E-state index contributed by atoms with van der Waals surface area (Å²) in [6.07, 6.45) is 36.1. The van der Waals surface area contributed by atoms with Crippen LogP contribution in [0.5, 0.6) is 0 Å². The van der Waals surface area contributed by atoms with Crippen LogP contribution >= 0.6 is 0 Å². The van der Waals surface area contributed by atoms with Crippen LogP contribution in [0.3, 0.4) is 0 Å². The summed E-state index contributed by atoms with van der Waals surface area (Å²) in [5.41, 5.74) is 0. The Balaban J connectivity index is -0.000000901. The van der Waals surface area contributed by atoms with Crippen molar-refractivity contribution in [3.63, 3.8) is 0 Å². The van der Waals surface area contributed by atoms with Gasteiger partial charge in [0.15, 0.2) is 0 Å². The van der Waals surface area contributed by atoms with Crippen LogP contribution in [0.4, 0.5) is 0 Å². The number of aliphatic carboxylic acids is 2. The largest absolute Gasteiger partial charge is 1.00 e. The smallest absolute Gasteiger partial charge is 1.00 e. The van der Waals surface area contributed by atoms with Crippen molar-refractivity contribution in [3.8, 4) is 0 Å². The van der Waals surface area contributed by atoms with Gasteiger partial charge in [0.25, 0.3) is 0 Å². The second-order valence-electron chi connectivity index (χ2n) is 15.7. The summed E-state index contributed by atoms with van der Waals surface area (Å²) in [7, 11) is 0. The molecule has 0 heterocycles. The van der Waals surface area contributed by atoms with E-state index in [1.807, 2.05) is 0 Å². The Labute approximate surface area is 401 Å². The molecule has 0 bridgehead atoms. The zero-order valence-corrected chi connectivity index (χ0v) is 38.6. The summed E-state index contributed by atoms with van der Waals surface area (Å²) < 4.78 is 11.9. The van der Waals surface area contributed by atoms with E-state index in [9.17, 15) is 29.4 Å². The van der Waals surface area contributed by atoms with Crippen molar-refractivity contribution in [1.29, 1.82) is 0 Å². The first-order valence-electron chi connectivity index (χ1n) is 22.6. The third-order valence-corrected chi connectivity index (χ3v) is 10.4. The van der Waals surface area contributed by atoms with Crippen molar-refractivity contribution in [3.05, 3.63) is 0 Å². The Kier molecular flexibility index (Phi) is 61.0. The molecule has 0 spiro atoms. The number of unbranched alkanes of at least 4 members (excludes halogenated alkanes) is 24. The van der Waals surface area contributed by atoms with E-state index in [1.54, 1.807) is 0 Å². The Morgan fingerprint density at radius 2 is 0.561 bits per heavy atom. The van der Waals surface area contributed by atoms with Crippen LogP contribution in [0.1, 0.15) is 254 Å². The third-order valence-electron chi connectivity index (χ3n) is 10.4. The fourth-order valence-corrected chi connectivity index (χ4v) is 7.08. The average molecular weight is 781 g/mol. The number of carbonyl (C=O) groups is 4. The molecule has 57 heavy (non-hydrogen) atoms. The monoisotopic (exact) mass is 781 g/mol. The first-order valence-corrected chi connectivity index (χ1v) is 22.6. The molecule has 0 amide bonds. The molecule has 0 aromatic rings. The van der Waals surface area contributed by atoms with Crippen LogP contribution in [0.15, 0.2) is 0 Å². The SMILES string of the molecule is CCCCCCC(CCCCCCCCCCC(=O)[O-])OC(=O)CCCCCCCC(=O)OC(CCCCCC)CCCCCCCCCCC(=O)[O-].[H-].[H-].[Li+].[Li+].[Li+].[Li+]. The van der Waals surface area contributed by atoms with Crippen molar-refractivity contribution >= 4 is 23.9 Å². The zero-order valence-electron chi connectivity index (χ0n) is 40.6. The van der Waals surface area contributed by atoms with Gasteiger partial charge in [0.1, 0.15) is 12.2 Å². The first kappa shape index (κ1) is 66.4. The minimum atomic E-state index is -0.951. The van der Waals surface area contributed by atoms with Gasteiger partial charge in [-0.1, -0.05) is 149 Å². The molecule has 0 N–H and O–H groups in total.